The van der Waals surface area contributed by atoms with Crippen molar-refractivity contribution in [3.63, 3.8) is 0 Å². The molecule has 0 bridgehead atoms. The summed E-state index contributed by atoms with van der Waals surface area (Å²) in [4.78, 5) is 0. The van der Waals surface area contributed by atoms with E-state index in [-0.39, 0.29) is 47.6 Å². The molecule has 1 nitrogen and oxygen atoms in total. The second-order valence-corrected chi connectivity index (χ2v) is 5.34. The maximum atomic E-state index is 5.75. The van der Waals surface area contributed by atoms with Crippen molar-refractivity contribution >= 4 is 0 Å². The maximum absolute atomic E-state index is 5.75. The molecule has 1 heterocycles. The number of ether oxygens (including phenoxy) is 1. The fourth-order valence-electron chi connectivity index (χ4n) is 3.29. The van der Waals surface area contributed by atoms with Gasteiger partial charge in [0.2, 0.25) is 0 Å². The van der Waals surface area contributed by atoms with Crippen molar-refractivity contribution in [3.05, 3.63) is 7.43 Å². The van der Waals surface area contributed by atoms with E-state index in [2.05, 4.69) is 20.8 Å². The average molecular weight is 272 g/mol. The van der Waals surface area contributed by atoms with E-state index in [9.17, 15) is 0 Å². The van der Waals surface area contributed by atoms with Crippen LogP contribution in [0.25, 0.3) is 0 Å². The van der Waals surface area contributed by atoms with Crippen LogP contribution in [0, 0.1) is 24.7 Å². The van der Waals surface area contributed by atoms with E-state index in [1.54, 1.807) is 0 Å². The molecule has 0 unspecified atom stereocenters. The Hall–Kier alpha value is 1.06. The Morgan fingerprint density at radius 2 is 1.79 bits per heavy atom. The van der Waals surface area contributed by atoms with Crippen LogP contribution >= 0.6 is 0 Å². The van der Waals surface area contributed by atoms with Crippen molar-refractivity contribution in [2.45, 2.75) is 52.7 Å². The van der Waals surface area contributed by atoms with Gasteiger partial charge in [-0.3, -0.25) is 0 Å². The van der Waals surface area contributed by atoms with Crippen molar-refractivity contribution < 1.29 is 37.4 Å². The van der Waals surface area contributed by atoms with Crippen LogP contribution in [0.5, 0.6) is 0 Å². The van der Waals surface area contributed by atoms with Gasteiger partial charge in [0.05, 0.1) is 11.7 Å². The number of rotatable bonds is 0. The molecule has 0 aromatic carbocycles. The fraction of sp³-hybridized carbons (Fsp3) is 0.917. The summed E-state index contributed by atoms with van der Waals surface area (Å²) in [6, 6.07) is 0. The summed E-state index contributed by atoms with van der Waals surface area (Å²) in [5, 5.41) is 0. The molecule has 0 aromatic rings. The molecular weight excluding hydrogens is 249 g/mol. The summed E-state index contributed by atoms with van der Waals surface area (Å²) >= 11 is 0. The second kappa shape index (κ2) is 3.82. The normalized spacial score (nSPS) is 49.5. The second-order valence-electron chi connectivity index (χ2n) is 5.34. The van der Waals surface area contributed by atoms with Crippen LogP contribution in [0.15, 0.2) is 0 Å². The van der Waals surface area contributed by atoms with Crippen molar-refractivity contribution in [1.82, 2.24) is 0 Å². The van der Waals surface area contributed by atoms with Gasteiger partial charge in [0, 0.05) is 32.7 Å². The van der Waals surface area contributed by atoms with Crippen molar-refractivity contribution in [2.75, 3.05) is 0 Å². The van der Waals surface area contributed by atoms with E-state index in [4.69, 9.17) is 4.74 Å². The van der Waals surface area contributed by atoms with Crippen molar-refractivity contribution in [2.24, 2.45) is 17.3 Å². The van der Waals surface area contributed by atoms with Gasteiger partial charge in [-0.1, -0.05) is 21.3 Å². The van der Waals surface area contributed by atoms with Gasteiger partial charge in [-0.25, -0.2) is 0 Å². The molecule has 1 saturated heterocycles. The zero-order chi connectivity index (χ0) is 7.85. The number of hydrogen-bond donors (Lipinski definition) is 0. The Labute approximate surface area is 114 Å². The Morgan fingerprint density at radius 1 is 1.21 bits per heavy atom. The van der Waals surface area contributed by atoms with Crippen LogP contribution < -0.4 is 0 Å². The third kappa shape index (κ3) is 1.64. The summed E-state index contributed by atoms with van der Waals surface area (Å²) in [6.45, 7) is 7.08. The minimum absolute atomic E-state index is 0. The SMILES string of the molecule is C.CC1(C)[C@@H]2[C@H]1CC[C@@]1(C)O[C@@H]21.[CH3-].[Y]. The molecule has 14 heavy (non-hydrogen) atoms. The standard InChI is InChI=1S/C10H16O.CH4.CH3.Y/c1-9(2)6-4-5-10(3)8(11-10)7(6)9;;;/h6-8H,4-5H2,1-3H3;1H4;1H3;/q;;-1;/t6-,7-,8+,10-;;;/m1.../s1. The molecule has 81 valence electrons. The monoisotopic (exact) mass is 272 g/mol. The van der Waals surface area contributed by atoms with Gasteiger partial charge in [0.1, 0.15) is 0 Å². The van der Waals surface area contributed by atoms with Crippen LogP contribution in [0.2, 0.25) is 0 Å². The minimum Gasteiger partial charge on any atom is -0.366 e. The molecule has 1 radical (unpaired) electrons. The van der Waals surface area contributed by atoms with Crippen LogP contribution in [-0.2, 0) is 37.4 Å². The molecule has 0 spiro atoms. The Balaban J connectivity index is 0.000000563. The molecule has 3 fully saturated rings. The number of fused-ring (bicyclic) bond motifs is 3. The molecule has 3 rings (SSSR count). The first-order chi connectivity index (χ1) is 5.06. The molecule has 2 aliphatic carbocycles. The molecule has 2 saturated carbocycles. The largest absolute Gasteiger partial charge is 0.366 e. The first-order valence-electron chi connectivity index (χ1n) is 4.73. The number of epoxide rings is 1. The van der Waals surface area contributed by atoms with Gasteiger partial charge in [-0.15, -0.1) is 0 Å². The molecule has 4 atom stereocenters. The topological polar surface area (TPSA) is 12.5 Å². The summed E-state index contributed by atoms with van der Waals surface area (Å²) in [7, 11) is 0. The molecule has 0 amide bonds. The smallest absolute Gasteiger partial charge is 0.0923 e. The predicted octanol–water partition coefficient (Wildman–Crippen LogP) is 3.29. The van der Waals surface area contributed by atoms with Gasteiger partial charge < -0.3 is 12.2 Å². The first-order valence-corrected chi connectivity index (χ1v) is 4.73. The van der Waals surface area contributed by atoms with Gasteiger partial charge in [-0.05, 0) is 37.0 Å². The van der Waals surface area contributed by atoms with Crippen molar-refractivity contribution in [1.29, 1.82) is 0 Å². The third-order valence-corrected chi connectivity index (χ3v) is 4.36. The van der Waals surface area contributed by atoms with E-state index in [0.717, 1.165) is 11.8 Å². The quantitative estimate of drug-likeness (QED) is 0.487. The van der Waals surface area contributed by atoms with Crippen LogP contribution in [-0.4, -0.2) is 11.7 Å². The van der Waals surface area contributed by atoms with Crippen LogP contribution in [0.4, 0.5) is 0 Å². The van der Waals surface area contributed by atoms with Gasteiger partial charge in [0.25, 0.3) is 0 Å². The molecule has 0 N–H and O–H groups in total. The first kappa shape index (κ1) is 15.1. The van der Waals surface area contributed by atoms with Crippen molar-refractivity contribution in [3.8, 4) is 0 Å². The zero-order valence-corrected chi connectivity index (χ0v) is 12.0. The fourth-order valence-corrected chi connectivity index (χ4v) is 3.29. The van der Waals surface area contributed by atoms with Gasteiger partial charge in [0.15, 0.2) is 0 Å². The molecule has 1 aliphatic heterocycles. The molecule has 2 heteroatoms. The Kier molecular flexibility index (Phi) is 4.11. The van der Waals surface area contributed by atoms with Crippen LogP contribution in [0.3, 0.4) is 0 Å². The Bertz CT molecular complexity index is 226. The summed E-state index contributed by atoms with van der Waals surface area (Å²) in [6.07, 6.45) is 3.35. The Morgan fingerprint density at radius 3 is 2.29 bits per heavy atom. The van der Waals surface area contributed by atoms with Gasteiger partial charge >= 0.3 is 0 Å². The van der Waals surface area contributed by atoms with Crippen LogP contribution in [0.1, 0.15) is 41.0 Å². The molecular formula is C12H23OY-. The maximum Gasteiger partial charge on any atom is 0.0923 e. The van der Waals surface area contributed by atoms with E-state index < -0.39 is 0 Å². The summed E-state index contributed by atoms with van der Waals surface area (Å²) in [5.41, 5.74) is 0.924. The third-order valence-electron chi connectivity index (χ3n) is 4.36. The molecule has 0 aromatic heterocycles. The average Bonchev–Trinajstić information content (AvgIpc) is 2.69. The van der Waals surface area contributed by atoms with E-state index in [0.29, 0.717) is 17.1 Å². The number of hydrogen-bond acceptors (Lipinski definition) is 1. The minimum atomic E-state index is 0. The molecule has 3 aliphatic rings. The van der Waals surface area contributed by atoms with Gasteiger partial charge in [-0.2, -0.15) is 0 Å². The predicted molar refractivity (Wildman–Crippen MR) is 56.4 cm³/mol. The van der Waals surface area contributed by atoms with E-state index >= 15 is 0 Å². The summed E-state index contributed by atoms with van der Waals surface area (Å²) < 4.78 is 5.75. The van der Waals surface area contributed by atoms with E-state index in [1.807, 2.05) is 0 Å². The zero-order valence-electron chi connectivity index (χ0n) is 9.13. The summed E-state index contributed by atoms with van der Waals surface area (Å²) in [5.74, 6) is 1.89. The van der Waals surface area contributed by atoms with E-state index in [1.165, 1.54) is 12.8 Å².